The van der Waals surface area contributed by atoms with Crippen molar-refractivity contribution in [3.8, 4) is 0 Å². The van der Waals surface area contributed by atoms with Crippen molar-refractivity contribution in [1.29, 1.82) is 0 Å². The molecule has 1 fully saturated rings. The lowest BCUT2D eigenvalue weighted by atomic mass is 10.1. The van der Waals surface area contributed by atoms with Gasteiger partial charge in [0.2, 0.25) is 0 Å². The molecule has 24 heavy (non-hydrogen) atoms. The quantitative estimate of drug-likeness (QED) is 0.845. The second-order valence-corrected chi connectivity index (χ2v) is 6.03. The highest BCUT2D eigenvalue weighted by Gasteiger charge is 2.23. The van der Waals surface area contributed by atoms with Crippen LogP contribution in [0.2, 0.25) is 0 Å². The van der Waals surface area contributed by atoms with Gasteiger partial charge < -0.3 is 15.4 Å². The lowest BCUT2D eigenvalue weighted by Crippen LogP contribution is -2.45. The van der Waals surface area contributed by atoms with Gasteiger partial charge in [0.05, 0.1) is 18.7 Å². The number of benzene rings is 1. The van der Waals surface area contributed by atoms with Gasteiger partial charge in [-0.1, -0.05) is 24.3 Å². The highest BCUT2D eigenvalue weighted by atomic mass is 16.5. The molecule has 0 spiro atoms. The minimum absolute atomic E-state index is 0.0119. The van der Waals surface area contributed by atoms with E-state index in [1.54, 1.807) is 11.0 Å². The summed E-state index contributed by atoms with van der Waals surface area (Å²) in [6.45, 7) is 3.86. The minimum atomic E-state index is -0.173. The van der Waals surface area contributed by atoms with Crippen molar-refractivity contribution >= 4 is 6.03 Å². The monoisotopic (exact) mass is 329 g/mol. The molecule has 1 aromatic heterocycles. The lowest BCUT2D eigenvalue weighted by molar-refractivity contribution is 0.0860. The second-order valence-electron chi connectivity index (χ2n) is 6.03. The summed E-state index contributed by atoms with van der Waals surface area (Å²) in [6, 6.07) is 7.83. The van der Waals surface area contributed by atoms with E-state index in [4.69, 9.17) is 4.74 Å². The van der Waals surface area contributed by atoms with E-state index in [1.807, 2.05) is 31.2 Å². The Bertz CT molecular complexity index is 653. The molecule has 2 aromatic rings. The van der Waals surface area contributed by atoms with Crippen LogP contribution < -0.4 is 10.6 Å². The SMILES string of the molecule is C[C@H](NC(=O)NCc1ccccc1Cn1cncn1)[C@@H]1CCCO1. The van der Waals surface area contributed by atoms with E-state index in [1.165, 1.54) is 6.33 Å². The van der Waals surface area contributed by atoms with E-state index in [0.717, 1.165) is 30.6 Å². The molecular formula is C17H23N5O2. The summed E-state index contributed by atoms with van der Waals surface area (Å²) in [5.74, 6) is 0. The summed E-state index contributed by atoms with van der Waals surface area (Å²) in [4.78, 5) is 16.1. The fourth-order valence-corrected chi connectivity index (χ4v) is 2.90. The van der Waals surface area contributed by atoms with Crippen LogP contribution in [0.25, 0.3) is 0 Å². The smallest absolute Gasteiger partial charge is 0.315 e. The van der Waals surface area contributed by atoms with Crippen molar-refractivity contribution in [2.75, 3.05) is 6.61 Å². The maximum Gasteiger partial charge on any atom is 0.315 e. The van der Waals surface area contributed by atoms with Crippen molar-refractivity contribution in [1.82, 2.24) is 25.4 Å². The van der Waals surface area contributed by atoms with Crippen LogP contribution in [-0.4, -0.2) is 39.5 Å². The summed E-state index contributed by atoms with van der Waals surface area (Å²) in [6.07, 6.45) is 5.38. The Balaban J connectivity index is 1.53. The van der Waals surface area contributed by atoms with Gasteiger partial charge in [0.1, 0.15) is 12.7 Å². The first-order valence-electron chi connectivity index (χ1n) is 8.27. The Morgan fingerprint density at radius 2 is 2.25 bits per heavy atom. The van der Waals surface area contributed by atoms with Crippen molar-refractivity contribution < 1.29 is 9.53 Å². The highest BCUT2D eigenvalue weighted by Crippen LogP contribution is 2.15. The van der Waals surface area contributed by atoms with E-state index >= 15 is 0 Å². The van der Waals surface area contributed by atoms with Crippen molar-refractivity contribution in [2.24, 2.45) is 0 Å². The van der Waals surface area contributed by atoms with E-state index in [9.17, 15) is 4.79 Å². The topological polar surface area (TPSA) is 81.1 Å². The molecule has 0 radical (unpaired) electrons. The first kappa shape index (κ1) is 16.4. The third-order valence-electron chi connectivity index (χ3n) is 4.24. The molecule has 7 nitrogen and oxygen atoms in total. The van der Waals surface area contributed by atoms with Crippen LogP contribution in [0.3, 0.4) is 0 Å². The minimum Gasteiger partial charge on any atom is -0.376 e. The molecule has 3 rings (SSSR count). The molecule has 1 aromatic carbocycles. The van der Waals surface area contributed by atoms with Gasteiger partial charge >= 0.3 is 6.03 Å². The van der Waals surface area contributed by atoms with E-state index < -0.39 is 0 Å². The predicted molar refractivity (Wildman–Crippen MR) is 89.4 cm³/mol. The van der Waals surface area contributed by atoms with Gasteiger partial charge in [-0.3, -0.25) is 0 Å². The van der Waals surface area contributed by atoms with Crippen LogP contribution in [0.1, 0.15) is 30.9 Å². The van der Waals surface area contributed by atoms with Gasteiger partial charge in [-0.15, -0.1) is 0 Å². The van der Waals surface area contributed by atoms with Crippen LogP contribution in [0, 0.1) is 0 Å². The van der Waals surface area contributed by atoms with Crippen LogP contribution in [0.5, 0.6) is 0 Å². The van der Waals surface area contributed by atoms with Gasteiger partial charge in [-0.2, -0.15) is 5.10 Å². The molecule has 2 atom stereocenters. The highest BCUT2D eigenvalue weighted by molar-refractivity contribution is 5.74. The van der Waals surface area contributed by atoms with Crippen molar-refractivity contribution in [3.05, 3.63) is 48.0 Å². The lowest BCUT2D eigenvalue weighted by Gasteiger charge is -2.20. The molecule has 2 heterocycles. The molecule has 2 amide bonds. The Labute approximate surface area is 141 Å². The van der Waals surface area contributed by atoms with Crippen LogP contribution in [0.15, 0.2) is 36.9 Å². The summed E-state index contributed by atoms with van der Waals surface area (Å²) in [7, 11) is 0. The van der Waals surface area contributed by atoms with Crippen LogP contribution in [0.4, 0.5) is 4.79 Å². The fraction of sp³-hybridized carbons (Fsp3) is 0.471. The molecular weight excluding hydrogens is 306 g/mol. The molecule has 0 unspecified atom stereocenters. The largest absolute Gasteiger partial charge is 0.376 e. The van der Waals surface area contributed by atoms with E-state index in [2.05, 4.69) is 20.7 Å². The molecule has 0 bridgehead atoms. The van der Waals surface area contributed by atoms with Gasteiger partial charge in [0, 0.05) is 13.2 Å². The van der Waals surface area contributed by atoms with E-state index in [-0.39, 0.29) is 18.2 Å². The number of hydrogen-bond acceptors (Lipinski definition) is 4. The van der Waals surface area contributed by atoms with Crippen LogP contribution in [-0.2, 0) is 17.8 Å². The summed E-state index contributed by atoms with van der Waals surface area (Å²) >= 11 is 0. The number of carbonyl (C=O) groups excluding carboxylic acids is 1. The van der Waals surface area contributed by atoms with Gasteiger partial charge in [0.15, 0.2) is 0 Å². The first-order valence-corrected chi connectivity index (χ1v) is 8.27. The van der Waals surface area contributed by atoms with Crippen molar-refractivity contribution in [3.63, 3.8) is 0 Å². The summed E-state index contributed by atoms with van der Waals surface area (Å²) in [5, 5.41) is 10.0. The maximum absolute atomic E-state index is 12.1. The number of hydrogen-bond donors (Lipinski definition) is 2. The third kappa shape index (κ3) is 4.32. The second kappa shape index (κ2) is 7.92. The molecule has 7 heteroatoms. The van der Waals surface area contributed by atoms with Gasteiger partial charge in [-0.05, 0) is 30.9 Å². The predicted octanol–water partition coefficient (Wildman–Crippen LogP) is 1.69. The molecule has 0 aliphatic carbocycles. The first-order chi connectivity index (χ1) is 11.7. The van der Waals surface area contributed by atoms with Gasteiger partial charge in [0.25, 0.3) is 0 Å². The normalized spacial score (nSPS) is 18.3. The number of nitrogens with zero attached hydrogens (tertiary/aromatic N) is 3. The van der Waals surface area contributed by atoms with E-state index in [0.29, 0.717) is 13.1 Å². The van der Waals surface area contributed by atoms with Crippen LogP contribution >= 0.6 is 0 Å². The molecule has 1 saturated heterocycles. The molecule has 2 N–H and O–H groups in total. The number of rotatable bonds is 6. The van der Waals surface area contributed by atoms with Crippen molar-refractivity contribution in [2.45, 2.75) is 45.0 Å². The van der Waals surface area contributed by atoms with Gasteiger partial charge in [-0.25, -0.2) is 14.5 Å². The number of nitrogens with one attached hydrogen (secondary N) is 2. The number of ether oxygens (including phenoxy) is 1. The summed E-state index contributed by atoms with van der Waals surface area (Å²) < 4.78 is 7.36. The Kier molecular flexibility index (Phi) is 5.43. The molecule has 1 aliphatic rings. The molecule has 1 aliphatic heterocycles. The average molecular weight is 329 g/mol. The zero-order valence-electron chi connectivity index (χ0n) is 13.8. The standard InChI is InChI=1S/C17H23N5O2/c1-13(16-7-4-8-24-16)21-17(23)19-9-14-5-2-3-6-15(14)10-22-12-18-11-20-22/h2-3,5-6,11-13,16H,4,7-10H2,1H3,(H2,19,21,23)/t13-,16-/m0/s1. The Morgan fingerprint density at radius 1 is 1.42 bits per heavy atom. The number of carbonyl (C=O) groups is 1. The third-order valence-corrected chi connectivity index (χ3v) is 4.24. The summed E-state index contributed by atoms with van der Waals surface area (Å²) in [5.41, 5.74) is 2.17. The number of aromatic nitrogens is 3. The Morgan fingerprint density at radius 3 is 2.96 bits per heavy atom. The maximum atomic E-state index is 12.1. The molecule has 128 valence electrons. The average Bonchev–Trinajstić information content (AvgIpc) is 3.27. The molecule has 0 saturated carbocycles. The fourth-order valence-electron chi connectivity index (χ4n) is 2.90. The zero-order chi connectivity index (χ0) is 16.8. The number of urea groups is 1. The number of amides is 2. The zero-order valence-corrected chi connectivity index (χ0v) is 13.8. The Hall–Kier alpha value is -2.41.